The molecule has 2 rings (SSSR count). The quantitative estimate of drug-likeness (QED) is 0.713. The maximum absolute atomic E-state index is 14.1. The van der Waals surface area contributed by atoms with Crippen LogP contribution in [0.1, 0.15) is 12.5 Å². The second-order valence-electron chi connectivity index (χ2n) is 5.22. The average molecular weight is 282 g/mol. The highest BCUT2D eigenvalue weighted by Crippen LogP contribution is 2.29. The van der Waals surface area contributed by atoms with E-state index in [0.29, 0.717) is 13.1 Å². The van der Waals surface area contributed by atoms with Crippen molar-refractivity contribution in [2.45, 2.75) is 37.8 Å². The molecule has 4 atom stereocenters. The van der Waals surface area contributed by atoms with Gasteiger partial charge in [-0.1, -0.05) is 37.3 Å². The number of rotatable bonds is 6. The van der Waals surface area contributed by atoms with Crippen LogP contribution in [0.5, 0.6) is 0 Å². The zero-order valence-electron chi connectivity index (χ0n) is 11.7. The molecule has 0 unspecified atom stereocenters. The molecule has 4 nitrogen and oxygen atoms in total. The summed E-state index contributed by atoms with van der Waals surface area (Å²) >= 11 is 0. The number of aliphatic hydroxyl groups excluding tert-OH is 2. The third-order valence-electron chi connectivity index (χ3n) is 3.94. The van der Waals surface area contributed by atoms with Crippen LogP contribution in [0.2, 0.25) is 0 Å². The van der Waals surface area contributed by atoms with Gasteiger partial charge in [0.15, 0.2) is 0 Å². The van der Waals surface area contributed by atoms with Gasteiger partial charge < -0.3 is 15.5 Å². The molecule has 1 aliphatic heterocycles. The highest BCUT2D eigenvalue weighted by Gasteiger charge is 2.47. The summed E-state index contributed by atoms with van der Waals surface area (Å²) in [6.45, 7) is 3.50. The summed E-state index contributed by atoms with van der Waals surface area (Å²) in [5.74, 6) is 0. The molecule has 0 radical (unpaired) electrons. The van der Waals surface area contributed by atoms with E-state index in [2.05, 4.69) is 5.32 Å². The van der Waals surface area contributed by atoms with Crippen molar-refractivity contribution in [3.05, 3.63) is 35.9 Å². The Balaban J connectivity index is 2.15. The van der Waals surface area contributed by atoms with Crippen molar-refractivity contribution in [1.82, 2.24) is 10.2 Å². The highest BCUT2D eigenvalue weighted by molar-refractivity contribution is 5.16. The molecule has 0 amide bonds. The molecule has 0 spiro atoms. The fourth-order valence-corrected chi connectivity index (χ4v) is 2.83. The van der Waals surface area contributed by atoms with Crippen LogP contribution in [0.25, 0.3) is 0 Å². The van der Waals surface area contributed by atoms with Gasteiger partial charge in [0, 0.05) is 13.1 Å². The van der Waals surface area contributed by atoms with Crippen LogP contribution in [-0.4, -0.2) is 59.2 Å². The largest absolute Gasteiger partial charge is 0.395 e. The Morgan fingerprint density at radius 3 is 2.55 bits per heavy atom. The number of hydrogen-bond acceptors (Lipinski definition) is 4. The van der Waals surface area contributed by atoms with Gasteiger partial charge in [0.2, 0.25) is 0 Å². The van der Waals surface area contributed by atoms with Crippen LogP contribution in [0.15, 0.2) is 30.3 Å². The molecule has 3 N–H and O–H groups in total. The summed E-state index contributed by atoms with van der Waals surface area (Å²) in [5.41, 5.74) is 1.05. The molecule has 1 aliphatic rings. The SMILES string of the molecule is CCNC[C@@H]1[C@@H](O)[C@@H](F)[C@@H](CO)N1Cc1ccccc1. The summed E-state index contributed by atoms with van der Waals surface area (Å²) in [6, 6.07) is 8.77. The zero-order valence-corrected chi connectivity index (χ0v) is 11.7. The number of likely N-dealkylation sites (tertiary alicyclic amines) is 1. The van der Waals surface area contributed by atoms with Crippen LogP contribution in [-0.2, 0) is 6.54 Å². The van der Waals surface area contributed by atoms with Crippen molar-refractivity contribution in [3.8, 4) is 0 Å². The number of halogens is 1. The van der Waals surface area contributed by atoms with Crippen LogP contribution in [0, 0.1) is 0 Å². The number of nitrogens with zero attached hydrogens (tertiary/aromatic N) is 1. The van der Waals surface area contributed by atoms with E-state index in [1.54, 1.807) is 0 Å². The van der Waals surface area contributed by atoms with Crippen LogP contribution in [0.3, 0.4) is 0 Å². The molecule has 1 heterocycles. The molecule has 1 saturated heterocycles. The Morgan fingerprint density at radius 2 is 1.95 bits per heavy atom. The van der Waals surface area contributed by atoms with E-state index < -0.39 is 18.3 Å². The second kappa shape index (κ2) is 7.13. The summed E-state index contributed by atoms with van der Waals surface area (Å²) in [4.78, 5) is 1.87. The minimum atomic E-state index is -1.41. The van der Waals surface area contributed by atoms with Crippen molar-refractivity contribution in [2.24, 2.45) is 0 Å². The lowest BCUT2D eigenvalue weighted by atomic mass is 10.1. The molecule has 20 heavy (non-hydrogen) atoms. The molecule has 5 heteroatoms. The topological polar surface area (TPSA) is 55.7 Å². The molecule has 0 aromatic heterocycles. The zero-order chi connectivity index (χ0) is 14.5. The normalized spacial score (nSPS) is 30.8. The minimum absolute atomic E-state index is 0.284. The molecule has 1 aromatic rings. The predicted molar refractivity (Wildman–Crippen MR) is 76.1 cm³/mol. The monoisotopic (exact) mass is 282 g/mol. The van der Waals surface area contributed by atoms with E-state index in [9.17, 15) is 14.6 Å². The van der Waals surface area contributed by atoms with Crippen molar-refractivity contribution >= 4 is 0 Å². The summed E-state index contributed by atoms with van der Waals surface area (Å²) in [5, 5.41) is 22.7. The number of benzene rings is 1. The fraction of sp³-hybridized carbons (Fsp3) is 0.600. The first-order valence-corrected chi connectivity index (χ1v) is 7.12. The lowest BCUT2D eigenvalue weighted by molar-refractivity contribution is 0.0757. The van der Waals surface area contributed by atoms with E-state index in [1.807, 2.05) is 42.2 Å². The number of likely N-dealkylation sites (N-methyl/N-ethyl adjacent to an activating group) is 1. The van der Waals surface area contributed by atoms with Gasteiger partial charge in [-0.2, -0.15) is 0 Å². The van der Waals surface area contributed by atoms with Crippen LogP contribution < -0.4 is 5.32 Å². The predicted octanol–water partition coefficient (Wildman–Crippen LogP) is 0.540. The lowest BCUT2D eigenvalue weighted by Crippen LogP contribution is -2.45. The Morgan fingerprint density at radius 1 is 1.25 bits per heavy atom. The third-order valence-corrected chi connectivity index (χ3v) is 3.94. The number of hydrogen-bond donors (Lipinski definition) is 3. The van der Waals surface area contributed by atoms with Gasteiger partial charge in [0.25, 0.3) is 0 Å². The number of aliphatic hydroxyl groups is 2. The van der Waals surface area contributed by atoms with E-state index >= 15 is 0 Å². The second-order valence-corrected chi connectivity index (χ2v) is 5.22. The van der Waals surface area contributed by atoms with E-state index in [4.69, 9.17) is 0 Å². The molecule has 1 aromatic carbocycles. The van der Waals surface area contributed by atoms with E-state index in [-0.39, 0.29) is 12.6 Å². The molecule has 112 valence electrons. The molecule has 0 aliphatic carbocycles. The maximum atomic E-state index is 14.1. The molecule has 0 saturated carbocycles. The van der Waals surface area contributed by atoms with Crippen LogP contribution in [0.4, 0.5) is 4.39 Å². The van der Waals surface area contributed by atoms with Gasteiger partial charge in [-0.3, -0.25) is 4.90 Å². The van der Waals surface area contributed by atoms with Gasteiger partial charge >= 0.3 is 0 Å². The van der Waals surface area contributed by atoms with Gasteiger partial charge in [-0.25, -0.2) is 4.39 Å². The Labute approximate surface area is 119 Å². The Hall–Kier alpha value is -1.01. The Kier molecular flexibility index (Phi) is 5.48. The first-order valence-electron chi connectivity index (χ1n) is 7.12. The van der Waals surface area contributed by atoms with Crippen molar-refractivity contribution in [2.75, 3.05) is 19.7 Å². The van der Waals surface area contributed by atoms with Crippen LogP contribution >= 0.6 is 0 Å². The van der Waals surface area contributed by atoms with E-state index in [0.717, 1.165) is 12.1 Å². The maximum Gasteiger partial charge on any atom is 0.145 e. The van der Waals surface area contributed by atoms with Gasteiger partial charge in [-0.15, -0.1) is 0 Å². The molecule has 0 bridgehead atoms. The summed E-state index contributed by atoms with van der Waals surface area (Å²) in [7, 11) is 0. The smallest absolute Gasteiger partial charge is 0.145 e. The van der Waals surface area contributed by atoms with Gasteiger partial charge in [-0.05, 0) is 12.1 Å². The lowest BCUT2D eigenvalue weighted by Gasteiger charge is -2.29. The van der Waals surface area contributed by atoms with Crippen molar-refractivity contribution in [1.29, 1.82) is 0 Å². The number of nitrogens with one attached hydrogen (secondary N) is 1. The fourth-order valence-electron chi connectivity index (χ4n) is 2.83. The van der Waals surface area contributed by atoms with Gasteiger partial charge in [0.05, 0.1) is 18.7 Å². The molecular weight excluding hydrogens is 259 g/mol. The number of alkyl halides is 1. The first kappa shape index (κ1) is 15.4. The summed E-state index contributed by atoms with van der Waals surface area (Å²) in [6.07, 6.45) is -2.47. The van der Waals surface area contributed by atoms with Crippen molar-refractivity contribution < 1.29 is 14.6 Å². The average Bonchev–Trinajstić information content (AvgIpc) is 2.69. The molecule has 1 fully saturated rings. The van der Waals surface area contributed by atoms with Gasteiger partial charge in [0.1, 0.15) is 12.3 Å². The van der Waals surface area contributed by atoms with Crippen molar-refractivity contribution in [3.63, 3.8) is 0 Å². The first-order chi connectivity index (χ1) is 9.69. The highest BCUT2D eigenvalue weighted by atomic mass is 19.1. The minimum Gasteiger partial charge on any atom is -0.395 e. The Bertz CT molecular complexity index is 404. The molecular formula is C15H23FN2O2. The third kappa shape index (κ3) is 3.17. The summed E-state index contributed by atoms with van der Waals surface area (Å²) < 4.78 is 14.1. The standard InChI is InChI=1S/C15H23FN2O2/c1-2-17-8-12-15(20)14(16)13(10-19)18(12)9-11-6-4-3-5-7-11/h3-7,12-15,17,19-20H,2,8-10H2,1H3/t12-,13-,14+,15-/m1/s1. The van der Waals surface area contributed by atoms with E-state index in [1.165, 1.54) is 0 Å².